The van der Waals surface area contributed by atoms with Gasteiger partial charge in [0, 0.05) is 23.7 Å². The lowest BCUT2D eigenvalue weighted by atomic mass is 9.68. The first kappa shape index (κ1) is 28.2. The van der Waals surface area contributed by atoms with Crippen molar-refractivity contribution >= 4 is 33.2 Å². The molecular formula is C30H39ClN2O5S. The van der Waals surface area contributed by atoms with Crippen molar-refractivity contribution in [1.82, 2.24) is 4.72 Å². The molecule has 5 rings (SSSR count). The van der Waals surface area contributed by atoms with E-state index in [-0.39, 0.29) is 17.6 Å². The van der Waals surface area contributed by atoms with Crippen LogP contribution in [0.4, 0.5) is 5.69 Å². The summed E-state index contributed by atoms with van der Waals surface area (Å²) in [5.74, 6) is 0.707. The number of aryl methyl sites for hydroxylation is 1. The average Bonchev–Trinajstić information content (AvgIpc) is 2.88. The molecule has 2 heterocycles. The fourth-order valence-corrected chi connectivity index (χ4v) is 7.51. The summed E-state index contributed by atoms with van der Waals surface area (Å²) in [6.45, 7) is 3.97. The molecule has 7 nitrogen and oxygen atoms in total. The van der Waals surface area contributed by atoms with Crippen molar-refractivity contribution in [3.63, 3.8) is 0 Å². The van der Waals surface area contributed by atoms with E-state index in [1.807, 2.05) is 18.2 Å². The molecule has 0 radical (unpaired) electrons. The van der Waals surface area contributed by atoms with Crippen LogP contribution in [0.3, 0.4) is 0 Å². The molecule has 0 aromatic heterocycles. The number of benzene rings is 2. The van der Waals surface area contributed by atoms with Gasteiger partial charge in [-0.15, -0.1) is 0 Å². The third kappa shape index (κ3) is 6.90. The van der Waals surface area contributed by atoms with Crippen LogP contribution < -0.4 is 14.4 Å². The average molecular weight is 575 g/mol. The summed E-state index contributed by atoms with van der Waals surface area (Å²) in [5, 5.41) is 11.8. The lowest BCUT2D eigenvalue weighted by Crippen LogP contribution is -2.44. The quantitative estimate of drug-likeness (QED) is 0.442. The molecule has 1 amide bonds. The fourth-order valence-electron chi connectivity index (χ4n) is 6.27. The summed E-state index contributed by atoms with van der Waals surface area (Å²) in [6, 6.07) is 11.1. The van der Waals surface area contributed by atoms with Gasteiger partial charge in [-0.1, -0.05) is 24.6 Å². The van der Waals surface area contributed by atoms with Crippen molar-refractivity contribution in [1.29, 1.82) is 0 Å². The van der Waals surface area contributed by atoms with Gasteiger partial charge in [-0.05, 0) is 111 Å². The minimum absolute atomic E-state index is 0.116. The molecule has 4 atom stereocenters. The van der Waals surface area contributed by atoms with Crippen LogP contribution in [0.2, 0.25) is 5.02 Å². The standard InChI is InChI=1S/C30H39ClN2O5S/c1-20-5-4-14-39(36,37)32-30(35)22-9-12-29-27(17-22)33(18-23-8-11-26(23)28(34)15-20)13-3-2-6-21-16-25(31)10-7-24(21)19-38-29/h7,9-10,12,16-17,20,23,26,28,34H,2-6,8,11,13-15,18-19H2,1H3,(H,32,35)/t20-,23-,26+,28-/m0/s1. The number of carbonyl (C=O) groups is 1. The smallest absolute Gasteiger partial charge is 0.264 e. The van der Waals surface area contributed by atoms with E-state index in [0.717, 1.165) is 56.4 Å². The van der Waals surface area contributed by atoms with Crippen molar-refractivity contribution in [3.8, 4) is 5.75 Å². The van der Waals surface area contributed by atoms with Gasteiger partial charge in [0.1, 0.15) is 12.4 Å². The molecule has 0 spiro atoms. The normalized spacial score (nSPS) is 28.0. The third-order valence-corrected chi connectivity index (χ3v) is 10.2. The Hall–Kier alpha value is -2.29. The summed E-state index contributed by atoms with van der Waals surface area (Å²) >= 11 is 6.29. The number of nitrogens with one attached hydrogen (secondary N) is 1. The molecule has 2 aliphatic heterocycles. The molecule has 0 unspecified atom stereocenters. The zero-order valence-electron chi connectivity index (χ0n) is 22.6. The third-order valence-electron chi connectivity index (χ3n) is 8.66. The molecule has 2 aromatic carbocycles. The predicted molar refractivity (Wildman–Crippen MR) is 154 cm³/mol. The van der Waals surface area contributed by atoms with E-state index >= 15 is 0 Å². The van der Waals surface area contributed by atoms with E-state index < -0.39 is 22.0 Å². The van der Waals surface area contributed by atoms with Gasteiger partial charge in [0.15, 0.2) is 0 Å². The number of fused-ring (bicyclic) bond motifs is 3. The van der Waals surface area contributed by atoms with Gasteiger partial charge in [-0.25, -0.2) is 13.1 Å². The van der Waals surface area contributed by atoms with Gasteiger partial charge in [0.2, 0.25) is 10.0 Å². The monoisotopic (exact) mass is 574 g/mol. The zero-order chi connectivity index (χ0) is 27.6. The van der Waals surface area contributed by atoms with E-state index in [2.05, 4.69) is 16.5 Å². The number of anilines is 1. The molecule has 1 aliphatic carbocycles. The van der Waals surface area contributed by atoms with Crippen LogP contribution in [0.15, 0.2) is 36.4 Å². The van der Waals surface area contributed by atoms with E-state index in [1.54, 1.807) is 18.2 Å². The minimum atomic E-state index is -3.77. The van der Waals surface area contributed by atoms with Gasteiger partial charge in [-0.2, -0.15) is 0 Å². The molecule has 1 fully saturated rings. The second-order valence-electron chi connectivity index (χ2n) is 11.6. The van der Waals surface area contributed by atoms with Gasteiger partial charge < -0.3 is 14.7 Å². The number of aliphatic hydroxyl groups excluding tert-OH is 1. The Labute approximate surface area is 236 Å². The summed E-state index contributed by atoms with van der Waals surface area (Å²) in [4.78, 5) is 15.4. The van der Waals surface area contributed by atoms with Crippen LogP contribution in [0.5, 0.6) is 5.75 Å². The molecule has 9 heteroatoms. The number of carbonyl (C=O) groups excluding carboxylic acids is 1. The lowest BCUT2D eigenvalue weighted by molar-refractivity contribution is 0.00167. The van der Waals surface area contributed by atoms with Crippen molar-refractivity contribution in [2.75, 3.05) is 23.7 Å². The first-order valence-electron chi connectivity index (χ1n) is 14.2. The van der Waals surface area contributed by atoms with Crippen LogP contribution in [0, 0.1) is 17.8 Å². The van der Waals surface area contributed by atoms with Crippen molar-refractivity contribution in [3.05, 3.63) is 58.1 Å². The van der Waals surface area contributed by atoms with Crippen LogP contribution in [-0.2, 0) is 23.1 Å². The largest absolute Gasteiger partial charge is 0.487 e. The van der Waals surface area contributed by atoms with Crippen LogP contribution >= 0.6 is 11.6 Å². The minimum Gasteiger partial charge on any atom is -0.487 e. The Balaban J connectivity index is 1.51. The van der Waals surface area contributed by atoms with E-state index in [9.17, 15) is 18.3 Å². The maximum absolute atomic E-state index is 13.1. The lowest BCUT2D eigenvalue weighted by Gasteiger charge is -2.44. The topological polar surface area (TPSA) is 95.9 Å². The Morgan fingerprint density at radius 3 is 2.69 bits per heavy atom. The Morgan fingerprint density at radius 2 is 1.90 bits per heavy atom. The number of amides is 1. The van der Waals surface area contributed by atoms with E-state index in [1.165, 1.54) is 5.56 Å². The number of aliphatic hydroxyl groups is 1. The highest BCUT2D eigenvalue weighted by molar-refractivity contribution is 7.90. The zero-order valence-corrected chi connectivity index (χ0v) is 24.1. The number of halogens is 1. The highest BCUT2D eigenvalue weighted by Crippen LogP contribution is 2.42. The van der Waals surface area contributed by atoms with Gasteiger partial charge in [0.25, 0.3) is 5.91 Å². The Kier molecular flexibility index (Phi) is 8.74. The molecular weight excluding hydrogens is 536 g/mol. The summed E-state index contributed by atoms with van der Waals surface area (Å²) in [7, 11) is -3.77. The SMILES string of the molecule is C[C@H]1CCCS(=O)(=O)NC(=O)c2ccc3c(c2)N(CCCCc2cc(Cl)ccc2CO3)C[C@@H]2CC[C@H]2[C@@H](O)C1. The first-order valence-corrected chi connectivity index (χ1v) is 16.2. The molecule has 212 valence electrons. The molecule has 1 saturated carbocycles. The predicted octanol–water partition coefficient (Wildman–Crippen LogP) is 5.33. The van der Waals surface area contributed by atoms with Crippen molar-refractivity contribution in [2.45, 2.75) is 71.0 Å². The van der Waals surface area contributed by atoms with Gasteiger partial charge in [0.05, 0.1) is 17.5 Å². The molecule has 0 saturated heterocycles. The molecule has 2 N–H and O–H groups in total. The highest BCUT2D eigenvalue weighted by atomic mass is 35.5. The number of rotatable bonds is 0. The number of nitrogens with zero attached hydrogens (tertiary/aromatic N) is 1. The van der Waals surface area contributed by atoms with E-state index in [0.29, 0.717) is 48.1 Å². The molecule has 3 aliphatic rings. The van der Waals surface area contributed by atoms with E-state index in [4.69, 9.17) is 16.3 Å². The number of sulfonamides is 1. The summed E-state index contributed by atoms with van der Waals surface area (Å²) in [5.41, 5.74) is 3.34. The maximum Gasteiger partial charge on any atom is 0.264 e. The molecule has 2 aromatic rings. The highest BCUT2D eigenvalue weighted by Gasteiger charge is 2.38. The van der Waals surface area contributed by atoms with Crippen LogP contribution in [0.1, 0.15) is 73.4 Å². The first-order chi connectivity index (χ1) is 18.7. The second kappa shape index (κ2) is 12.1. The van der Waals surface area contributed by atoms with Crippen molar-refractivity contribution < 1.29 is 23.1 Å². The second-order valence-corrected chi connectivity index (χ2v) is 13.9. The molecule has 2 bridgehead atoms. The Morgan fingerprint density at radius 1 is 1.05 bits per heavy atom. The van der Waals surface area contributed by atoms with Crippen molar-refractivity contribution in [2.24, 2.45) is 17.8 Å². The number of hydrogen-bond donors (Lipinski definition) is 2. The fraction of sp³-hybridized carbons (Fsp3) is 0.567. The maximum atomic E-state index is 13.1. The Bertz CT molecular complexity index is 1300. The van der Waals surface area contributed by atoms with Crippen LogP contribution in [0.25, 0.3) is 0 Å². The van der Waals surface area contributed by atoms with Crippen LogP contribution in [-0.4, -0.2) is 44.4 Å². The summed E-state index contributed by atoms with van der Waals surface area (Å²) in [6.07, 6.45) is 6.29. The number of hydrogen-bond acceptors (Lipinski definition) is 6. The summed E-state index contributed by atoms with van der Waals surface area (Å²) < 4.78 is 34.0. The van der Waals surface area contributed by atoms with Gasteiger partial charge in [-0.3, -0.25) is 4.79 Å². The number of ether oxygens (including phenoxy) is 1. The molecule has 39 heavy (non-hydrogen) atoms. The van der Waals surface area contributed by atoms with Gasteiger partial charge >= 0.3 is 0 Å².